The van der Waals surface area contributed by atoms with E-state index in [1.54, 1.807) is 4.90 Å². The van der Waals surface area contributed by atoms with Crippen LogP contribution in [0.2, 0.25) is 0 Å². The number of aryl methyl sites for hydroxylation is 1. The molecule has 1 aromatic carbocycles. The van der Waals surface area contributed by atoms with E-state index in [1.165, 1.54) is 11.1 Å². The minimum Gasteiger partial charge on any atom is -0.465 e. The summed E-state index contributed by atoms with van der Waals surface area (Å²) < 4.78 is 5.68. The highest BCUT2D eigenvalue weighted by molar-refractivity contribution is 5.88. The van der Waals surface area contributed by atoms with Crippen LogP contribution in [0.5, 0.6) is 0 Å². The van der Waals surface area contributed by atoms with Crippen LogP contribution in [0.3, 0.4) is 0 Å². The second kappa shape index (κ2) is 9.66. The summed E-state index contributed by atoms with van der Waals surface area (Å²) in [5, 5.41) is 2.90. The molecule has 7 heteroatoms. The van der Waals surface area contributed by atoms with Gasteiger partial charge >= 0.3 is 0 Å². The monoisotopic (exact) mass is 424 g/mol. The van der Waals surface area contributed by atoms with Crippen molar-refractivity contribution in [2.24, 2.45) is 0 Å². The largest absolute Gasteiger partial charge is 0.465 e. The maximum Gasteiger partial charge on any atom is 0.237 e. The molecule has 1 atom stereocenters. The lowest BCUT2D eigenvalue weighted by Crippen LogP contribution is -2.56. The molecule has 2 aliphatic rings. The van der Waals surface area contributed by atoms with Crippen LogP contribution in [0.15, 0.2) is 40.8 Å². The molecule has 2 amide bonds. The van der Waals surface area contributed by atoms with Crippen LogP contribution in [-0.2, 0) is 29.1 Å². The third-order valence-corrected chi connectivity index (χ3v) is 6.35. The van der Waals surface area contributed by atoms with Gasteiger partial charge in [0.1, 0.15) is 11.5 Å². The van der Waals surface area contributed by atoms with E-state index in [4.69, 9.17) is 4.42 Å². The van der Waals surface area contributed by atoms with E-state index in [0.29, 0.717) is 26.2 Å². The van der Waals surface area contributed by atoms with Gasteiger partial charge in [0, 0.05) is 46.3 Å². The lowest BCUT2D eigenvalue weighted by atomic mass is 10.00. The van der Waals surface area contributed by atoms with Crippen LogP contribution in [0.4, 0.5) is 0 Å². The Kier molecular flexibility index (Phi) is 6.73. The number of furan rings is 1. The van der Waals surface area contributed by atoms with E-state index >= 15 is 0 Å². The molecule has 1 saturated heterocycles. The molecule has 3 heterocycles. The number of fused-ring (bicyclic) bond motifs is 1. The second-order valence-electron chi connectivity index (χ2n) is 8.60. The minimum atomic E-state index is -0.462. The zero-order chi connectivity index (χ0) is 21.8. The summed E-state index contributed by atoms with van der Waals surface area (Å²) in [5.41, 5.74) is 2.81. The van der Waals surface area contributed by atoms with Crippen LogP contribution in [0.1, 0.15) is 29.1 Å². The molecule has 0 aliphatic carbocycles. The standard InChI is InChI=1S/C24H32N4O3/c1-18-7-8-21(31-18)17-28-12-10-25-24(30)22(28)15-23(29)26(2)13-14-27-11-9-19-5-3-4-6-20(19)16-27/h3-8,22H,9-17H2,1-2H3,(H,25,30). The zero-order valence-corrected chi connectivity index (χ0v) is 18.5. The van der Waals surface area contributed by atoms with Crippen LogP contribution >= 0.6 is 0 Å². The Hall–Kier alpha value is -2.64. The van der Waals surface area contributed by atoms with E-state index in [0.717, 1.165) is 37.6 Å². The van der Waals surface area contributed by atoms with E-state index in [9.17, 15) is 9.59 Å². The number of piperazine rings is 1. The number of carbonyl (C=O) groups is 2. The molecule has 0 saturated carbocycles. The molecule has 2 aromatic rings. The van der Waals surface area contributed by atoms with Gasteiger partial charge < -0.3 is 14.6 Å². The zero-order valence-electron chi connectivity index (χ0n) is 18.5. The molecule has 4 rings (SSSR count). The van der Waals surface area contributed by atoms with Gasteiger partial charge in [0.05, 0.1) is 19.0 Å². The van der Waals surface area contributed by atoms with Crippen molar-refractivity contribution >= 4 is 11.8 Å². The molecule has 1 aromatic heterocycles. The maximum atomic E-state index is 12.9. The Balaban J connectivity index is 1.30. The molecular weight excluding hydrogens is 392 g/mol. The topological polar surface area (TPSA) is 69.0 Å². The van der Waals surface area contributed by atoms with E-state index in [-0.39, 0.29) is 18.2 Å². The third-order valence-electron chi connectivity index (χ3n) is 6.35. The summed E-state index contributed by atoms with van der Waals surface area (Å²) >= 11 is 0. The summed E-state index contributed by atoms with van der Waals surface area (Å²) in [4.78, 5) is 31.6. The SMILES string of the molecule is Cc1ccc(CN2CCNC(=O)C2CC(=O)N(C)CCN2CCc3ccccc3C2)o1. The van der Waals surface area contributed by atoms with Gasteiger partial charge in [0.25, 0.3) is 0 Å². The molecule has 166 valence electrons. The lowest BCUT2D eigenvalue weighted by molar-refractivity contribution is -0.138. The highest BCUT2D eigenvalue weighted by atomic mass is 16.3. The summed E-state index contributed by atoms with van der Waals surface area (Å²) in [5.74, 6) is 1.59. The Morgan fingerprint density at radius 3 is 2.77 bits per heavy atom. The number of carbonyl (C=O) groups excluding carboxylic acids is 2. The Morgan fingerprint density at radius 2 is 2.00 bits per heavy atom. The molecule has 2 aliphatic heterocycles. The lowest BCUT2D eigenvalue weighted by Gasteiger charge is -2.35. The van der Waals surface area contributed by atoms with E-state index < -0.39 is 6.04 Å². The van der Waals surface area contributed by atoms with E-state index in [1.807, 2.05) is 31.0 Å². The number of hydrogen-bond acceptors (Lipinski definition) is 5. The average molecular weight is 425 g/mol. The van der Waals surface area contributed by atoms with Crippen LogP contribution < -0.4 is 5.32 Å². The quantitative estimate of drug-likeness (QED) is 0.734. The first-order chi connectivity index (χ1) is 15.0. The summed E-state index contributed by atoms with van der Waals surface area (Å²) in [6.07, 6.45) is 1.24. The van der Waals surface area contributed by atoms with Crippen LogP contribution in [0, 0.1) is 6.92 Å². The smallest absolute Gasteiger partial charge is 0.237 e. The van der Waals surface area contributed by atoms with Gasteiger partial charge in [-0.1, -0.05) is 24.3 Å². The first-order valence-electron chi connectivity index (χ1n) is 11.1. The van der Waals surface area contributed by atoms with Crippen molar-refractivity contribution in [3.8, 4) is 0 Å². The van der Waals surface area contributed by atoms with Crippen molar-refractivity contribution < 1.29 is 14.0 Å². The molecule has 31 heavy (non-hydrogen) atoms. The minimum absolute atomic E-state index is 0.0000787. The molecular formula is C24H32N4O3. The summed E-state index contributed by atoms with van der Waals surface area (Å²) in [6.45, 7) is 7.19. The summed E-state index contributed by atoms with van der Waals surface area (Å²) in [6, 6.07) is 12.0. The van der Waals surface area contributed by atoms with E-state index in [2.05, 4.69) is 34.5 Å². The van der Waals surface area contributed by atoms with Crippen molar-refractivity contribution in [2.75, 3.05) is 39.8 Å². The van der Waals surface area contributed by atoms with Gasteiger partial charge in [-0.2, -0.15) is 0 Å². The van der Waals surface area contributed by atoms with Gasteiger partial charge in [-0.3, -0.25) is 19.4 Å². The molecule has 7 nitrogen and oxygen atoms in total. The molecule has 1 N–H and O–H groups in total. The predicted octanol–water partition coefficient (Wildman–Crippen LogP) is 1.80. The van der Waals surface area contributed by atoms with Crippen molar-refractivity contribution in [1.82, 2.24) is 20.0 Å². The number of hydrogen-bond donors (Lipinski definition) is 1. The van der Waals surface area contributed by atoms with Gasteiger partial charge in [0.15, 0.2) is 0 Å². The molecule has 0 spiro atoms. The maximum absolute atomic E-state index is 12.9. The van der Waals surface area contributed by atoms with Crippen molar-refractivity contribution in [3.63, 3.8) is 0 Å². The Labute approximate surface area is 184 Å². The number of likely N-dealkylation sites (N-methyl/N-ethyl adjacent to an activating group) is 1. The molecule has 1 fully saturated rings. The second-order valence-corrected chi connectivity index (χ2v) is 8.60. The predicted molar refractivity (Wildman–Crippen MR) is 118 cm³/mol. The molecule has 1 unspecified atom stereocenters. The third kappa shape index (κ3) is 5.35. The van der Waals surface area contributed by atoms with Crippen molar-refractivity contribution in [1.29, 1.82) is 0 Å². The summed E-state index contributed by atoms with van der Waals surface area (Å²) in [7, 11) is 1.83. The number of nitrogens with one attached hydrogen (secondary N) is 1. The fraction of sp³-hybridized carbons (Fsp3) is 0.500. The van der Waals surface area contributed by atoms with Gasteiger partial charge in [-0.25, -0.2) is 0 Å². The van der Waals surface area contributed by atoms with Crippen LogP contribution in [-0.4, -0.2) is 72.3 Å². The first-order valence-corrected chi connectivity index (χ1v) is 11.1. The number of nitrogens with zero attached hydrogens (tertiary/aromatic N) is 3. The van der Waals surface area contributed by atoms with Gasteiger partial charge in [-0.05, 0) is 36.6 Å². The van der Waals surface area contributed by atoms with Gasteiger partial charge in [-0.15, -0.1) is 0 Å². The number of rotatable bonds is 7. The fourth-order valence-corrected chi connectivity index (χ4v) is 4.43. The fourth-order valence-electron chi connectivity index (χ4n) is 4.43. The molecule has 0 radical (unpaired) electrons. The highest BCUT2D eigenvalue weighted by Crippen LogP contribution is 2.19. The van der Waals surface area contributed by atoms with Crippen molar-refractivity contribution in [3.05, 3.63) is 59.0 Å². The van der Waals surface area contributed by atoms with Crippen molar-refractivity contribution in [2.45, 2.75) is 38.9 Å². The normalized spacial score (nSPS) is 19.7. The Morgan fingerprint density at radius 1 is 1.19 bits per heavy atom. The highest BCUT2D eigenvalue weighted by Gasteiger charge is 2.33. The van der Waals surface area contributed by atoms with Gasteiger partial charge in [0.2, 0.25) is 11.8 Å². The first kappa shape index (κ1) is 21.6. The average Bonchev–Trinajstić information content (AvgIpc) is 3.18. The van der Waals surface area contributed by atoms with Crippen LogP contribution in [0.25, 0.3) is 0 Å². The Bertz CT molecular complexity index is 925. The number of amides is 2. The number of benzene rings is 1. The molecule has 0 bridgehead atoms.